The minimum atomic E-state index is -0.395. The average molecular weight is 525 g/mol. The Morgan fingerprint density at radius 2 is 1.89 bits per heavy atom. The number of carbonyl (C=O) groups is 2. The van der Waals surface area contributed by atoms with Crippen LogP contribution in [-0.4, -0.2) is 82.5 Å². The molecule has 3 aromatic rings. The van der Waals surface area contributed by atoms with Gasteiger partial charge in [0.25, 0.3) is 0 Å². The number of fused-ring (bicyclic) bond motifs is 3. The molecule has 37 heavy (non-hydrogen) atoms. The van der Waals surface area contributed by atoms with Crippen molar-refractivity contribution in [2.45, 2.75) is 19.1 Å². The second kappa shape index (κ2) is 10.6. The summed E-state index contributed by atoms with van der Waals surface area (Å²) in [4.78, 5) is 28.4. The monoisotopic (exact) mass is 524 g/mol. The van der Waals surface area contributed by atoms with E-state index < -0.39 is 6.03 Å². The van der Waals surface area contributed by atoms with Gasteiger partial charge < -0.3 is 15.2 Å². The van der Waals surface area contributed by atoms with Crippen LogP contribution in [0.5, 0.6) is 0 Å². The van der Waals surface area contributed by atoms with E-state index in [2.05, 4.69) is 25.8 Å². The molecule has 3 heterocycles. The van der Waals surface area contributed by atoms with Gasteiger partial charge in [0.05, 0.1) is 41.8 Å². The number of ketones is 1. The summed E-state index contributed by atoms with van der Waals surface area (Å²) in [5.41, 5.74) is 8.23. The molecule has 0 radical (unpaired) electrons. The zero-order valence-electron chi connectivity index (χ0n) is 20.2. The molecular formula is C26H29ClN6O4. The lowest BCUT2D eigenvalue weighted by Crippen LogP contribution is -2.49. The quantitative estimate of drug-likeness (QED) is 0.316. The van der Waals surface area contributed by atoms with E-state index in [1.54, 1.807) is 11.1 Å². The Bertz CT molecular complexity index is 1300. The maximum Gasteiger partial charge on any atom is 0.333 e. The number of ether oxygens (including phenoxy) is 1. The molecule has 3 aliphatic rings. The molecule has 194 valence electrons. The van der Waals surface area contributed by atoms with Crippen molar-refractivity contribution < 1.29 is 19.4 Å². The summed E-state index contributed by atoms with van der Waals surface area (Å²) in [7, 11) is 0. The highest BCUT2D eigenvalue weighted by Crippen LogP contribution is 2.42. The maximum absolute atomic E-state index is 13.6. The summed E-state index contributed by atoms with van der Waals surface area (Å²) < 4.78 is 5.31. The van der Waals surface area contributed by atoms with Crippen LogP contribution in [0.15, 0.2) is 42.5 Å². The molecule has 1 aliphatic carbocycles. The number of nitrogens with zero attached hydrogens (tertiary/aromatic N) is 3. The first-order valence-electron chi connectivity index (χ1n) is 12.2. The Morgan fingerprint density at radius 1 is 1.11 bits per heavy atom. The van der Waals surface area contributed by atoms with Crippen molar-refractivity contribution in [1.29, 1.82) is 0 Å². The molecule has 0 spiro atoms. The van der Waals surface area contributed by atoms with E-state index in [9.17, 15) is 14.7 Å². The normalized spacial score (nSPS) is 19.3. The van der Waals surface area contributed by atoms with Crippen LogP contribution in [0.4, 0.5) is 10.5 Å². The van der Waals surface area contributed by atoms with Gasteiger partial charge in [0, 0.05) is 43.9 Å². The number of hydrogen-bond donors (Lipinski definition) is 4. The fourth-order valence-corrected chi connectivity index (χ4v) is 5.15. The number of aromatic nitrogens is 2. The second-order valence-electron chi connectivity index (χ2n) is 9.42. The summed E-state index contributed by atoms with van der Waals surface area (Å²) >= 11 is 0. The lowest BCUT2D eigenvalue weighted by Gasteiger charge is -2.27. The zero-order valence-corrected chi connectivity index (χ0v) is 21.0. The van der Waals surface area contributed by atoms with Gasteiger partial charge in [0.2, 0.25) is 0 Å². The first-order chi connectivity index (χ1) is 17.6. The van der Waals surface area contributed by atoms with Crippen molar-refractivity contribution in [3.8, 4) is 22.5 Å². The van der Waals surface area contributed by atoms with Gasteiger partial charge in [0.1, 0.15) is 5.69 Å². The number of rotatable bonds is 5. The van der Waals surface area contributed by atoms with Crippen LogP contribution >= 0.6 is 12.4 Å². The van der Waals surface area contributed by atoms with E-state index in [-0.39, 0.29) is 24.3 Å². The van der Waals surface area contributed by atoms with Gasteiger partial charge in [-0.05, 0) is 18.1 Å². The highest BCUT2D eigenvalue weighted by molar-refractivity contribution is 6.26. The average Bonchev–Trinajstić information content (AvgIpc) is 3.57. The van der Waals surface area contributed by atoms with Gasteiger partial charge in [-0.3, -0.25) is 20.2 Å². The third kappa shape index (κ3) is 4.98. The summed E-state index contributed by atoms with van der Waals surface area (Å²) in [5, 5.41) is 21.9. The van der Waals surface area contributed by atoms with Crippen molar-refractivity contribution >= 4 is 29.9 Å². The zero-order chi connectivity index (χ0) is 24.6. The van der Waals surface area contributed by atoms with Gasteiger partial charge in [-0.15, -0.1) is 12.4 Å². The number of aliphatic hydroxyl groups is 1. The van der Waals surface area contributed by atoms with Crippen molar-refractivity contribution in [2.75, 3.05) is 44.7 Å². The highest BCUT2D eigenvalue weighted by atomic mass is 35.5. The minimum Gasteiger partial charge on any atom is -0.392 e. The number of amides is 2. The molecule has 4 N–H and O–H groups in total. The van der Waals surface area contributed by atoms with Crippen LogP contribution < -0.4 is 10.7 Å². The molecule has 0 unspecified atom stereocenters. The molecule has 2 amide bonds. The Labute approximate surface area is 220 Å². The number of aliphatic hydroxyl groups excluding tert-OH is 1. The summed E-state index contributed by atoms with van der Waals surface area (Å²) in [6.45, 7) is 4.71. The molecule has 2 saturated heterocycles. The molecule has 0 saturated carbocycles. The molecule has 0 bridgehead atoms. The van der Waals surface area contributed by atoms with Gasteiger partial charge in [-0.1, -0.05) is 36.4 Å². The third-order valence-corrected chi connectivity index (χ3v) is 6.95. The SMILES string of the molecule is Cl.O=C(Nc1cccc2c1C(=O)c1c(-c3ccc(CN4CC[C@@H](O)C4)cc3)n[nH]c1-2)NN1CCOCC1. The molecule has 11 heteroatoms. The predicted molar refractivity (Wildman–Crippen MR) is 141 cm³/mol. The topological polar surface area (TPSA) is 123 Å². The Kier molecular flexibility index (Phi) is 7.27. The number of halogens is 1. The molecule has 2 aromatic carbocycles. The minimum absolute atomic E-state index is 0. The summed E-state index contributed by atoms with van der Waals surface area (Å²) in [6, 6.07) is 13.0. The number of hydrazine groups is 1. The van der Waals surface area contributed by atoms with Gasteiger partial charge >= 0.3 is 6.03 Å². The number of benzene rings is 2. The van der Waals surface area contributed by atoms with Gasteiger partial charge in [-0.2, -0.15) is 5.10 Å². The summed E-state index contributed by atoms with van der Waals surface area (Å²) in [6.07, 6.45) is 0.569. The molecule has 10 nitrogen and oxygen atoms in total. The number of β-amino-alcohol motifs (C(OH)–C–C–N with tert-alkyl or cyclic N) is 1. The number of likely N-dealkylation sites (tertiary alicyclic amines) is 1. The van der Waals surface area contributed by atoms with Crippen LogP contribution in [0.25, 0.3) is 22.5 Å². The van der Waals surface area contributed by atoms with Crippen molar-refractivity contribution in [1.82, 2.24) is 25.5 Å². The fraction of sp³-hybridized carbons (Fsp3) is 0.346. The van der Waals surface area contributed by atoms with E-state index in [1.165, 1.54) is 0 Å². The highest BCUT2D eigenvalue weighted by Gasteiger charge is 2.35. The Hall–Kier alpha value is -3.28. The van der Waals surface area contributed by atoms with E-state index in [1.807, 2.05) is 36.4 Å². The first-order valence-corrected chi connectivity index (χ1v) is 12.2. The lowest BCUT2D eigenvalue weighted by atomic mass is 10.0. The number of hydrogen-bond acceptors (Lipinski definition) is 7. The van der Waals surface area contributed by atoms with Crippen molar-refractivity contribution in [3.63, 3.8) is 0 Å². The number of carbonyl (C=O) groups excluding carboxylic acids is 2. The van der Waals surface area contributed by atoms with Crippen LogP contribution in [-0.2, 0) is 11.3 Å². The number of anilines is 1. The third-order valence-electron chi connectivity index (χ3n) is 6.95. The van der Waals surface area contributed by atoms with Crippen molar-refractivity contribution in [2.24, 2.45) is 0 Å². The first kappa shape index (κ1) is 25.4. The predicted octanol–water partition coefficient (Wildman–Crippen LogP) is 2.65. The Balaban J connectivity index is 0.00000280. The van der Waals surface area contributed by atoms with E-state index >= 15 is 0 Å². The molecular weight excluding hydrogens is 496 g/mol. The van der Waals surface area contributed by atoms with Crippen LogP contribution in [0.2, 0.25) is 0 Å². The second-order valence-corrected chi connectivity index (χ2v) is 9.42. The molecule has 1 atom stereocenters. The summed E-state index contributed by atoms with van der Waals surface area (Å²) in [5.74, 6) is -0.166. The number of urea groups is 1. The van der Waals surface area contributed by atoms with Crippen LogP contribution in [0.1, 0.15) is 27.9 Å². The smallest absolute Gasteiger partial charge is 0.333 e. The van der Waals surface area contributed by atoms with E-state index in [0.717, 1.165) is 36.2 Å². The number of H-pyrrole nitrogens is 1. The van der Waals surface area contributed by atoms with Gasteiger partial charge in [0.15, 0.2) is 5.78 Å². The van der Waals surface area contributed by atoms with E-state index in [4.69, 9.17) is 4.74 Å². The number of morpholine rings is 1. The molecule has 1 aromatic heterocycles. The Morgan fingerprint density at radius 3 is 2.62 bits per heavy atom. The van der Waals surface area contributed by atoms with Gasteiger partial charge in [-0.25, -0.2) is 9.80 Å². The number of nitrogens with one attached hydrogen (secondary N) is 3. The fourth-order valence-electron chi connectivity index (χ4n) is 5.15. The van der Waals surface area contributed by atoms with Crippen molar-refractivity contribution in [3.05, 3.63) is 59.2 Å². The molecule has 2 aliphatic heterocycles. The molecule has 2 fully saturated rings. The standard InChI is InChI=1S/C26H28N6O4.ClH/c33-18-8-9-31(15-18)14-16-4-6-17(7-5-16)23-22-24(29-28-23)19-2-1-3-20(21(19)25(22)34)27-26(35)30-32-10-12-36-13-11-32;/h1-7,18,33H,8-15H2,(H,28,29)(H2,27,30,35);1H/t18-;/m1./s1. The number of aromatic amines is 1. The van der Waals surface area contributed by atoms with Crippen LogP contribution in [0.3, 0.4) is 0 Å². The largest absolute Gasteiger partial charge is 0.392 e. The molecule has 6 rings (SSSR count). The van der Waals surface area contributed by atoms with Crippen LogP contribution in [0, 0.1) is 0 Å². The maximum atomic E-state index is 13.6. The lowest BCUT2D eigenvalue weighted by molar-refractivity contribution is 0.0207. The van der Waals surface area contributed by atoms with E-state index in [0.29, 0.717) is 61.1 Å².